The number of nitrogens with zero attached hydrogens (tertiary/aromatic N) is 4. The summed E-state index contributed by atoms with van der Waals surface area (Å²) < 4.78 is 20.1. The summed E-state index contributed by atoms with van der Waals surface area (Å²) in [5.41, 5.74) is 13.1. The number of pyridine rings is 1. The van der Waals surface area contributed by atoms with Crippen LogP contribution >= 0.6 is 0 Å². The Kier molecular flexibility index (Phi) is 4.96. The normalized spacial score (nSPS) is 14.3. The zero-order valence-corrected chi connectivity index (χ0v) is 15.9. The molecule has 1 aliphatic heterocycles. The molecule has 0 radical (unpaired) electrons. The molecule has 0 aliphatic carbocycles. The molecule has 3 aromatic rings. The van der Waals surface area contributed by atoms with E-state index in [9.17, 15) is 9.65 Å². The van der Waals surface area contributed by atoms with Gasteiger partial charge in [-0.05, 0) is 29.8 Å². The molecule has 0 saturated carbocycles. The van der Waals surface area contributed by atoms with E-state index in [1.165, 1.54) is 18.2 Å². The fourth-order valence-electron chi connectivity index (χ4n) is 3.21. The molecular formula is C21H15FN8O. The van der Waals surface area contributed by atoms with Crippen LogP contribution in [0.5, 0.6) is 11.5 Å². The number of ether oxygens (including phenoxy) is 1. The molecule has 0 spiro atoms. The van der Waals surface area contributed by atoms with Crippen LogP contribution in [0.25, 0.3) is 0 Å². The van der Waals surface area contributed by atoms with Crippen LogP contribution in [0.1, 0.15) is 22.7 Å². The van der Waals surface area contributed by atoms with Crippen LogP contribution in [0.2, 0.25) is 0 Å². The smallest absolute Gasteiger partial charge is 0.211 e. The van der Waals surface area contributed by atoms with Gasteiger partial charge >= 0.3 is 0 Å². The molecule has 31 heavy (non-hydrogen) atoms. The first-order valence-electron chi connectivity index (χ1n) is 9.03. The Balaban J connectivity index is 1.85. The topological polar surface area (TPSA) is 158 Å². The minimum Gasteiger partial charge on any atom is -0.454 e. The van der Waals surface area contributed by atoms with E-state index in [1.807, 2.05) is 12.1 Å². The van der Waals surface area contributed by atoms with Crippen molar-refractivity contribution in [3.05, 3.63) is 71.0 Å². The molecule has 10 heteroatoms. The van der Waals surface area contributed by atoms with Crippen LogP contribution in [-0.2, 0) is 0 Å². The van der Waals surface area contributed by atoms with Gasteiger partial charge in [-0.1, -0.05) is 24.3 Å². The summed E-state index contributed by atoms with van der Waals surface area (Å²) in [7, 11) is 0. The van der Waals surface area contributed by atoms with Crippen molar-refractivity contribution >= 4 is 23.3 Å². The van der Waals surface area contributed by atoms with Gasteiger partial charge in [0.05, 0.1) is 5.69 Å². The van der Waals surface area contributed by atoms with E-state index >= 15 is 0 Å². The first kappa shape index (κ1) is 19.5. The third-order valence-corrected chi connectivity index (χ3v) is 4.60. The summed E-state index contributed by atoms with van der Waals surface area (Å²) >= 11 is 0. The van der Waals surface area contributed by atoms with Crippen LogP contribution in [0.3, 0.4) is 0 Å². The molecule has 0 amide bonds. The second kappa shape index (κ2) is 7.89. The molecule has 9 nitrogen and oxygen atoms in total. The maximum Gasteiger partial charge on any atom is 0.211 e. The quantitative estimate of drug-likeness (QED) is 0.376. The number of fused-ring (bicyclic) bond motifs is 1. The number of aromatic nitrogens is 1. The molecule has 0 fully saturated rings. The van der Waals surface area contributed by atoms with Gasteiger partial charge in [0.1, 0.15) is 35.1 Å². The van der Waals surface area contributed by atoms with Gasteiger partial charge < -0.3 is 21.5 Å². The minimum absolute atomic E-state index is 0.0142. The molecule has 152 valence electrons. The Morgan fingerprint density at radius 2 is 1.90 bits per heavy atom. The summed E-state index contributed by atoms with van der Waals surface area (Å²) in [4.78, 5) is 8.64. The standard InChI is InChI=1S/C21H15FN8O/c22-14-7-6-11(8-15(14)31-12-4-2-1-3-5-12)18-16-17(25)13(9-23)19(26)29-20(16)30-21(28-18)27-10-24/h1-8,18H,(H6,25,26,27,28,29,30). The number of hydrogen-bond donors (Lipinski definition) is 4. The number of nitrogen functional groups attached to an aromatic ring is 2. The van der Waals surface area contributed by atoms with Gasteiger partial charge in [0.2, 0.25) is 5.96 Å². The molecule has 2 aromatic carbocycles. The molecule has 2 heterocycles. The Morgan fingerprint density at radius 3 is 2.61 bits per heavy atom. The minimum atomic E-state index is -0.800. The number of anilines is 3. The fourth-order valence-corrected chi connectivity index (χ4v) is 3.21. The van der Waals surface area contributed by atoms with Crippen LogP contribution in [-0.4, -0.2) is 10.9 Å². The zero-order valence-electron chi connectivity index (χ0n) is 15.9. The van der Waals surface area contributed by atoms with Crippen molar-refractivity contribution in [3.63, 3.8) is 0 Å². The molecule has 1 unspecified atom stereocenters. The number of nitrogens with two attached hydrogens (primary N) is 2. The van der Waals surface area contributed by atoms with Crippen molar-refractivity contribution in [2.24, 2.45) is 4.99 Å². The number of guanidine groups is 1. The maximum absolute atomic E-state index is 14.4. The van der Waals surface area contributed by atoms with Crippen LogP contribution in [0.15, 0.2) is 53.5 Å². The third-order valence-electron chi connectivity index (χ3n) is 4.60. The van der Waals surface area contributed by atoms with E-state index in [0.717, 1.165) is 0 Å². The second-order valence-electron chi connectivity index (χ2n) is 6.51. The SMILES string of the molecule is N#CNC1=NC(c2ccc(F)c(Oc3ccccc3)c2)c2c(nc(N)c(C#N)c2N)N1. The Morgan fingerprint density at radius 1 is 1.13 bits per heavy atom. The number of rotatable bonds is 3. The monoisotopic (exact) mass is 414 g/mol. The first-order valence-corrected chi connectivity index (χ1v) is 9.03. The van der Waals surface area contributed by atoms with Crippen molar-refractivity contribution in [1.82, 2.24) is 10.3 Å². The van der Waals surface area contributed by atoms with Crippen LogP contribution < -0.4 is 26.8 Å². The van der Waals surface area contributed by atoms with Crippen molar-refractivity contribution in [3.8, 4) is 23.8 Å². The largest absolute Gasteiger partial charge is 0.454 e. The third kappa shape index (κ3) is 3.61. The van der Waals surface area contributed by atoms with E-state index < -0.39 is 11.9 Å². The Labute approximate surface area is 176 Å². The fraction of sp³-hybridized carbons (Fsp3) is 0.0476. The number of nitrogens with one attached hydrogen (secondary N) is 2. The highest BCUT2D eigenvalue weighted by atomic mass is 19.1. The number of aliphatic imine (C=N–C) groups is 1. The molecule has 4 rings (SSSR count). The highest BCUT2D eigenvalue weighted by Crippen LogP contribution is 2.41. The van der Waals surface area contributed by atoms with Crippen molar-refractivity contribution in [1.29, 1.82) is 10.5 Å². The molecular weight excluding hydrogens is 399 g/mol. The summed E-state index contributed by atoms with van der Waals surface area (Å²) in [5.74, 6) is 0.154. The highest BCUT2D eigenvalue weighted by Gasteiger charge is 2.30. The second-order valence-corrected chi connectivity index (χ2v) is 6.51. The van der Waals surface area contributed by atoms with Crippen LogP contribution in [0.4, 0.5) is 21.7 Å². The van der Waals surface area contributed by atoms with E-state index in [2.05, 4.69) is 20.6 Å². The number of benzene rings is 2. The molecule has 6 N–H and O–H groups in total. The van der Waals surface area contributed by atoms with Gasteiger partial charge in [-0.3, -0.25) is 5.32 Å². The number of para-hydroxylation sites is 1. The molecule has 1 aliphatic rings. The lowest BCUT2D eigenvalue weighted by Gasteiger charge is -2.26. The molecule has 1 aromatic heterocycles. The Hall–Kier alpha value is -4.83. The molecule has 1 atom stereocenters. The van der Waals surface area contributed by atoms with Gasteiger partial charge in [0, 0.05) is 5.56 Å². The lowest BCUT2D eigenvalue weighted by Crippen LogP contribution is -2.32. The first-order chi connectivity index (χ1) is 15.0. The van der Waals surface area contributed by atoms with Gasteiger partial charge in [0.25, 0.3) is 0 Å². The molecule has 0 bridgehead atoms. The predicted molar refractivity (Wildman–Crippen MR) is 112 cm³/mol. The van der Waals surface area contributed by atoms with Gasteiger partial charge in [-0.15, -0.1) is 0 Å². The van der Waals surface area contributed by atoms with E-state index in [0.29, 0.717) is 16.9 Å². The van der Waals surface area contributed by atoms with Gasteiger partial charge in [-0.2, -0.15) is 10.5 Å². The summed E-state index contributed by atoms with van der Waals surface area (Å²) in [6, 6.07) is 14.1. The molecule has 0 saturated heterocycles. The lowest BCUT2D eigenvalue weighted by molar-refractivity contribution is 0.441. The maximum atomic E-state index is 14.4. The number of nitriles is 2. The van der Waals surface area contributed by atoms with E-state index in [4.69, 9.17) is 21.5 Å². The number of hydrogen-bond acceptors (Lipinski definition) is 9. The van der Waals surface area contributed by atoms with Crippen molar-refractivity contribution < 1.29 is 9.13 Å². The number of halogens is 1. The van der Waals surface area contributed by atoms with E-state index in [1.54, 1.807) is 30.5 Å². The predicted octanol–water partition coefficient (Wildman–Crippen LogP) is 2.99. The average Bonchev–Trinajstić information content (AvgIpc) is 2.76. The van der Waals surface area contributed by atoms with Gasteiger partial charge in [-0.25, -0.2) is 14.4 Å². The van der Waals surface area contributed by atoms with Gasteiger partial charge in [0.15, 0.2) is 17.8 Å². The lowest BCUT2D eigenvalue weighted by atomic mass is 9.95. The highest BCUT2D eigenvalue weighted by molar-refractivity contribution is 5.98. The van der Waals surface area contributed by atoms with Crippen molar-refractivity contribution in [2.75, 3.05) is 16.8 Å². The average molecular weight is 414 g/mol. The van der Waals surface area contributed by atoms with Crippen molar-refractivity contribution in [2.45, 2.75) is 6.04 Å². The van der Waals surface area contributed by atoms with Crippen LogP contribution in [0, 0.1) is 28.6 Å². The Bertz CT molecular complexity index is 1280. The summed E-state index contributed by atoms with van der Waals surface area (Å²) in [6.07, 6.45) is 1.77. The summed E-state index contributed by atoms with van der Waals surface area (Å²) in [5, 5.41) is 23.6. The zero-order chi connectivity index (χ0) is 22.0. The van der Waals surface area contributed by atoms with E-state index in [-0.39, 0.29) is 34.6 Å². The summed E-state index contributed by atoms with van der Waals surface area (Å²) in [6.45, 7) is 0.